The maximum atomic E-state index is 4.87. The summed E-state index contributed by atoms with van der Waals surface area (Å²) in [5.41, 5.74) is 6.16. The molecule has 2 aromatic rings. The first-order valence-corrected chi connectivity index (χ1v) is 9.90. The lowest BCUT2D eigenvalue weighted by Crippen LogP contribution is -2.30. The number of halogens is 3. The lowest BCUT2D eigenvalue weighted by molar-refractivity contribution is 0.782. The summed E-state index contributed by atoms with van der Waals surface area (Å²) in [4.78, 5) is 4.87. The van der Waals surface area contributed by atoms with Crippen LogP contribution in [0, 0.1) is 17.6 Å². The third-order valence-corrected chi connectivity index (χ3v) is 9.40. The van der Waals surface area contributed by atoms with Crippen molar-refractivity contribution in [3.8, 4) is 0 Å². The first-order valence-electron chi connectivity index (χ1n) is 6.66. The highest BCUT2D eigenvalue weighted by atomic mass is 127. The average Bonchev–Trinajstić information content (AvgIpc) is 2.69. The predicted molar refractivity (Wildman–Crippen MR) is 115 cm³/mol. The molecule has 0 amide bonds. The Morgan fingerprint density at radius 3 is 2.19 bits per heavy atom. The summed E-state index contributed by atoms with van der Waals surface area (Å²) in [7, 11) is 0. The maximum absolute atomic E-state index is 4.87. The summed E-state index contributed by atoms with van der Waals surface area (Å²) in [6, 6.07) is 11.1. The van der Waals surface area contributed by atoms with Crippen molar-refractivity contribution in [3.05, 3.63) is 57.7 Å². The van der Waals surface area contributed by atoms with Crippen LogP contribution < -0.4 is 0 Å². The molecule has 0 fully saturated rings. The normalized spacial score (nSPS) is 20.4. The van der Waals surface area contributed by atoms with Crippen molar-refractivity contribution in [1.29, 1.82) is 0 Å². The number of aryl methyl sites for hydroxylation is 1. The minimum atomic E-state index is -0.121. The molecule has 0 N–H and O–H groups in total. The zero-order valence-corrected chi connectivity index (χ0v) is 18.4. The van der Waals surface area contributed by atoms with Crippen molar-refractivity contribution in [1.82, 2.24) is 0 Å². The zero-order valence-electron chi connectivity index (χ0n) is 12.0. The van der Waals surface area contributed by atoms with Gasteiger partial charge in [0.05, 0.1) is 11.1 Å². The first-order chi connectivity index (χ1) is 9.85. The topological polar surface area (TPSA) is 12.4 Å². The maximum Gasteiger partial charge on any atom is 0.0696 e. The van der Waals surface area contributed by atoms with E-state index in [1.165, 1.54) is 33.1 Å². The van der Waals surface area contributed by atoms with Crippen LogP contribution in [0.25, 0.3) is 0 Å². The SMILES string of the molecule is CC1=Nc2cc(I)c(I)c(I)c2C1(C)c1ccc(C)cc1. The van der Waals surface area contributed by atoms with Gasteiger partial charge in [-0.15, -0.1) is 0 Å². The second kappa shape index (κ2) is 5.74. The Morgan fingerprint density at radius 2 is 1.57 bits per heavy atom. The van der Waals surface area contributed by atoms with Crippen molar-refractivity contribution in [2.75, 3.05) is 0 Å². The van der Waals surface area contributed by atoms with E-state index in [0.29, 0.717) is 0 Å². The molecule has 0 saturated carbocycles. The lowest BCUT2D eigenvalue weighted by atomic mass is 9.74. The fourth-order valence-corrected chi connectivity index (χ4v) is 5.47. The van der Waals surface area contributed by atoms with Gasteiger partial charge in [-0.25, -0.2) is 0 Å². The molecule has 108 valence electrons. The average molecular weight is 613 g/mol. The Labute approximate surface area is 166 Å². The molecule has 0 radical (unpaired) electrons. The number of benzene rings is 2. The number of hydrogen-bond acceptors (Lipinski definition) is 1. The molecule has 1 aliphatic heterocycles. The Bertz CT molecular complexity index is 763. The van der Waals surface area contributed by atoms with Crippen molar-refractivity contribution < 1.29 is 0 Å². The van der Waals surface area contributed by atoms with Crippen molar-refractivity contribution in [2.45, 2.75) is 26.2 Å². The van der Waals surface area contributed by atoms with Gasteiger partial charge in [0, 0.05) is 22.0 Å². The number of nitrogens with zero attached hydrogens (tertiary/aromatic N) is 1. The smallest absolute Gasteiger partial charge is 0.0696 e. The highest BCUT2D eigenvalue weighted by Gasteiger charge is 2.41. The third-order valence-electron chi connectivity index (χ3n) is 4.28. The van der Waals surface area contributed by atoms with Crippen LogP contribution in [0.5, 0.6) is 0 Å². The Morgan fingerprint density at radius 1 is 0.952 bits per heavy atom. The molecule has 21 heavy (non-hydrogen) atoms. The van der Waals surface area contributed by atoms with E-state index in [1.54, 1.807) is 0 Å². The molecule has 1 nitrogen and oxygen atoms in total. The van der Waals surface area contributed by atoms with Crippen molar-refractivity contribution in [2.24, 2.45) is 4.99 Å². The molecule has 2 aromatic carbocycles. The van der Waals surface area contributed by atoms with E-state index in [1.807, 2.05) is 0 Å². The molecule has 0 aliphatic carbocycles. The monoisotopic (exact) mass is 613 g/mol. The quantitative estimate of drug-likeness (QED) is 0.268. The van der Waals surface area contributed by atoms with E-state index in [4.69, 9.17) is 4.99 Å². The second-order valence-electron chi connectivity index (χ2n) is 5.57. The Kier molecular flexibility index (Phi) is 4.42. The van der Waals surface area contributed by atoms with Crippen LogP contribution in [-0.2, 0) is 5.41 Å². The van der Waals surface area contributed by atoms with E-state index in [-0.39, 0.29) is 5.41 Å². The minimum absolute atomic E-state index is 0.121. The Hall–Kier alpha value is 0.300. The molecule has 0 bridgehead atoms. The number of aliphatic imine (C=N–C) groups is 1. The van der Waals surface area contributed by atoms with E-state index < -0.39 is 0 Å². The molecule has 0 spiro atoms. The summed E-state index contributed by atoms with van der Waals surface area (Å²) in [5, 5.41) is 0. The second-order valence-corrected chi connectivity index (χ2v) is 8.89. The summed E-state index contributed by atoms with van der Waals surface area (Å²) in [5.74, 6) is 0. The predicted octanol–water partition coefficient (Wildman–Crippen LogP) is 6.22. The minimum Gasteiger partial charge on any atom is -0.256 e. The summed E-state index contributed by atoms with van der Waals surface area (Å²) < 4.78 is 3.94. The molecule has 1 heterocycles. The molecule has 4 heteroatoms. The van der Waals surface area contributed by atoms with Crippen LogP contribution in [0.3, 0.4) is 0 Å². The number of hydrogen-bond donors (Lipinski definition) is 0. The lowest BCUT2D eigenvalue weighted by Gasteiger charge is -2.28. The Balaban J connectivity index is 2.30. The van der Waals surface area contributed by atoms with Crippen LogP contribution >= 0.6 is 67.8 Å². The molecule has 0 aromatic heterocycles. The van der Waals surface area contributed by atoms with Gasteiger partial charge in [0.25, 0.3) is 0 Å². The highest BCUT2D eigenvalue weighted by molar-refractivity contribution is 14.1. The van der Waals surface area contributed by atoms with E-state index >= 15 is 0 Å². The van der Waals surface area contributed by atoms with Gasteiger partial charge < -0.3 is 0 Å². The van der Waals surface area contributed by atoms with Gasteiger partial charge in [0.1, 0.15) is 0 Å². The van der Waals surface area contributed by atoms with E-state index in [2.05, 4.69) is 119 Å². The largest absolute Gasteiger partial charge is 0.256 e. The van der Waals surface area contributed by atoms with E-state index in [0.717, 1.165) is 5.69 Å². The molecular formula is C17H14I3N. The van der Waals surface area contributed by atoms with Gasteiger partial charge in [-0.1, -0.05) is 29.8 Å². The molecular weight excluding hydrogens is 599 g/mol. The van der Waals surface area contributed by atoms with Gasteiger partial charge in [0.2, 0.25) is 0 Å². The summed E-state index contributed by atoms with van der Waals surface area (Å²) in [6.07, 6.45) is 0. The fourth-order valence-electron chi connectivity index (χ4n) is 2.86. The van der Waals surface area contributed by atoms with Crippen molar-refractivity contribution in [3.63, 3.8) is 0 Å². The van der Waals surface area contributed by atoms with Gasteiger partial charge in [-0.2, -0.15) is 0 Å². The van der Waals surface area contributed by atoms with Crippen LogP contribution in [0.4, 0.5) is 5.69 Å². The summed E-state index contributed by atoms with van der Waals surface area (Å²) in [6.45, 7) is 6.58. The fraction of sp³-hybridized carbons (Fsp3) is 0.235. The van der Waals surface area contributed by atoms with Crippen LogP contribution in [0.15, 0.2) is 35.3 Å². The van der Waals surface area contributed by atoms with Crippen LogP contribution in [0.2, 0.25) is 0 Å². The van der Waals surface area contributed by atoms with Crippen LogP contribution in [-0.4, -0.2) is 5.71 Å². The zero-order chi connectivity index (χ0) is 15.4. The molecule has 0 saturated heterocycles. The molecule has 1 aliphatic rings. The molecule has 3 rings (SSSR count). The van der Waals surface area contributed by atoms with Crippen molar-refractivity contribution >= 4 is 79.2 Å². The summed E-state index contributed by atoms with van der Waals surface area (Å²) >= 11 is 7.32. The third kappa shape index (κ3) is 2.49. The van der Waals surface area contributed by atoms with Gasteiger partial charge >= 0.3 is 0 Å². The highest BCUT2D eigenvalue weighted by Crippen LogP contribution is 2.48. The van der Waals surface area contributed by atoms with Gasteiger partial charge in [0.15, 0.2) is 0 Å². The number of rotatable bonds is 1. The standard InChI is InChI=1S/C17H14I3N/c1-9-4-6-11(7-5-9)17(3)10(2)21-13-8-12(18)15(19)16(20)14(13)17/h4-8H,1-3H3. The van der Waals surface area contributed by atoms with Gasteiger partial charge in [-0.05, 0) is 100 Å². The van der Waals surface area contributed by atoms with E-state index in [9.17, 15) is 0 Å². The first kappa shape index (κ1) is 16.2. The molecule has 1 atom stereocenters. The number of fused-ring (bicyclic) bond motifs is 1. The molecule has 1 unspecified atom stereocenters. The van der Waals surface area contributed by atoms with Gasteiger partial charge in [-0.3, -0.25) is 4.99 Å². The van der Waals surface area contributed by atoms with Crippen LogP contribution in [0.1, 0.15) is 30.5 Å².